The summed E-state index contributed by atoms with van der Waals surface area (Å²) >= 11 is 0. The summed E-state index contributed by atoms with van der Waals surface area (Å²) in [5, 5.41) is 0. The number of aldehydes is 1. The third kappa shape index (κ3) is 1.24. The molecule has 2 nitrogen and oxygen atoms in total. The van der Waals surface area contributed by atoms with E-state index in [0.29, 0.717) is 11.8 Å². The second-order valence-corrected chi connectivity index (χ2v) is 4.85. The average molecular weight is 204 g/mol. The lowest BCUT2D eigenvalue weighted by molar-refractivity contribution is -0.133. The molecular weight excluding hydrogens is 188 g/mol. The number of fused-ring (bicyclic) bond motifs is 3. The second-order valence-electron chi connectivity index (χ2n) is 4.85. The maximum Gasteiger partial charge on any atom is 0.152 e. The Hall–Kier alpha value is -0.890. The van der Waals surface area contributed by atoms with Crippen molar-refractivity contribution in [1.29, 1.82) is 0 Å². The highest BCUT2D eigenvalue weighted by molar-refractivity contribution is 5.65. The van der Waals surface area contributed by atoms with Crippen molar-refractivity contribution in [2.24, 2.45) is 11.8 Å². The van der Waals surface area contributed by atoms with Crippen molar-refractivity contribution in [3.05, 3.63) is 24.3 Å². The van der Waals surface area contributed by atoms with Crippen LogP contribution in [0.25, 0.3) is 0 Å². The molecule has 0 aromatic rings. The third-order valence-electron chi connectivity index (χ3n) is 4.13. The Bertz CT molecular complexity index is 331. The lowest BCUT2D eigenvalue weighted by atomic mass is 9.71. The molecule has 3 aliphatic rings. The van der Waals surface area contributed by atoms with Crippen LogP contribution >= 0.6 is 0 Å². The van der Waals surface area contributed by atoms with Gasteiger partial charge in [-0.15, -0.1) is 0 Å². The van der Waals surface area contributed by atoms with Crippen molar-refractivity contribution < 1.29 is 9.53 Å². The summed E-state index contributed by atoms with van der Waals surface area (Å²) in [6.07, 6.45) is 13.9. The summed E-state index contributed by atoms with van der Waals surface area (Å²) < 4.78 is 6.04. The van der Waals surface area contributed by atoms with Crippen LogP contribution in [-0.2, 0) is 9.53 Å². The van der Waals surface area contributed by atoms with Crippen molar-refractivity contribution in [3.8, 4) is 0 Å². The van der Waals surface area contributed by atoms with E-state index >= 15 is 0 Å². The lowest BCUT2D eigenvalue weighted by Crippen LogP contribution is -2.39. The molecule has 0 saturated carbocycles. The number of carbonyl (C=O) groups excluding carboxylic acids is 1. The molecule has 2 heteroatoms. The van der Waals surface area contributed by atoms with E-state index in [1.54, 1.807) is 0 Å². The zero-order chi connectivity index (χ0) is 10.3. The highest BCUT2D eigenvalue weighted by Crippen LogP contribution is 2.49. The quantitative estimate of drug-likeness (QED) is 0.483. The lowest BCUT2D eigenvalue weighted by Gasteiger charge is -2.31. The van der Waals surface area contributed by atoms with Gasteiger partial charge in [0.05, 0.1) is 6.10 Å². The van der Waals surface area contributed by atoms with E-state index in [4.69, 9.17) is 4.74 Å². The van der Waals surface area contributed by atoms with Gasteiger partial charge in [0.2, 0.25) is 0 Å². The summed E-state index contributed by atoms with van der Waals surface area (Å²) in [6, 6.07) is 0. The van der Waals surface area contributed by atoms with Crippen LogP contribution in [0, 0.1) is 11.8 Å². The molecule has 0 radical (unpaired) electrons. The fourth-order valence-electron chi connectivity index (χ4n) is 3.35. The molecule has 4 atom stereocenters. The smallest absolute Gasteiger partial charge is 0.152 e. The van der Waals surface area contributed by atoms with Crippen molar-refractivity contribution in [1.82, 2.24) is 0 Å². The van der Waals surface area contributed by atoms with E-state index in [9.17, 15) is 4.79 Å². The van der Waals surface area contributed by atoms with E-state index in [-0.39, 0.29) is 6.10 Å². The Kier molecular flexibility index (Phi) is 2.06. The standard InChI is InChI=1S/C13H16O2/c14-9-13-8-4-3-6-11(13)10-5-1-2-7-12(10)15-13/h1-4,9-12H,5-8H2/t10-,11-,12+,13-/m0/s1. The van der Waals surface area contributed by atoms with Gasteiger partial charge in [-0.25, -0.2) is 0 Å². The summed E-state index contributed by atoms with van der Waals surface area (Å²) in [6.45, 7) is 0. The number of allylic oxidation sites excluding steroid dienone is 2. The molecule has 0 aromatic heterocycles. The monoisotopic (exact) mass is 204 g/mol. The molecule has 0 amide bonds. The molecular formula is C13H16O2. The highest BCUT2D eigenvalue weighted by atomic mass is 16.5. The first kappa shape index (κ1) is 9.34. The molecule has 0 unspecified atom stereocenters. The maximum absolute atomic E-state index is 11.3. The molecule has 1 saturated heterocycles. The fourth-order valence-corrected chi connectivity index (χ4v) is 3.35. The van der Waals surface area contributed by atoms with Crippen LogP contribution in [0.15, 0.2) is 24.3 Å². The Morgan fingerprint density at radius 1 is 1.13 bits per heavy atom. The van der Waals surface area contributed by atoms with E-state index < -0.39 is 5.60 Å². The molecule has 3 rings (SSSR count). The predicted molar refractivity (Wildman–Crippen MR) is 57.4 cm³/mol. The summed E-state index contributed by atoms with van der Waals surface area (Å²) in [5.74, 6) is 0.972. The first-order valence-corrected chi connectivity index (χ1v) is 5.80. The normalized spacial score (nSPS) is 47.3. The predicted octanol–water partition coefficient (Wildman–Crippen LogP) is 2.26. The molecule has 2 aliphatic carbocycles. The van der Waals surface area contributed by atoms with E-state index in [1.807, 2.05) is 0 Å². The number of carbonyl (C=O) groups is 1. The third-order valence-corrected chi connectivity index (χ3v) is 4.13. The van der Waals surface area contributed by atoms with E-state index in [2.05, 4.69) is 24.3 Å². The zero-order valence-corrected chi connectivity index (χ0v) is 8.76. The maximum atomic E-state index is 11.3. The molecule has 0 aromatic carbocycles. The van der Waals surface area contributed by atoms with Crippen LogP contribution in [0.5, 0.6) is 0 Å². The van der Waals surface area contributed by atoms with Gasteiger partial charge in [0, 0.05) is 12.3 Å². The minimum atomic E-state index is -0.490. The van der Waals surface area contributed by atoms with Gasteiger partial charge < -0.3 is 9.53 Å². The molecule has 1 fully saturated rings. The van der Waals surface area contributed by atoms with Crippen molar-refractivity contribution in [2.45, 2.75) is 37.4 Å². The van der Waals surface area contributed by atoms with Crippen LogP contribution in [-0.4, -0.2) is 18.0 Å². The summed E-state index contributed by atoms with van der Waals surface area (Å²) in [7, 11) is 0. The molecule has 80 valence electrons. The van der Waals surface area contributed by atoms with Gasteiger partial charge in [-0.2, -0.15) is 0 Å². The van der Waals surface area contributed by atoms with Crippen LogP contribution in [0.2, 0.25) is 0 Å². The SMILES string of the molecule is O=C[C@@]12CC=CC[C@H]1[C@@H]1CC=CC[C@H]1O2. The van der Waals surface area contributed by atoms with Crippen LogP contribution in [0.1, 0.15) is 25.7 Å². The first-order valence-electron chi connectivity index (χ1n) is 5.80. The summed E-state index contributed by atoms with van der Waals surface area (Å²) in [5.41, 5.74) is -0.490. The average Bonchev–Trinajstić information content (AvgIpc) is 2.64. The Morgan fingerprint density at radius 2 is 1.93 bits per heavy atom. The molecule has 1 heterocycles. The zero-order valence-electron chi connectivity index (χ0n) is 8.76. The van der Waals surface area contributed by atoms with Gasteiger partial charge in [-0.1, -0.05) is 24.3 Å². The highest BCUT2D eigenvalue weighted by Gasteiger charge is 2.54. The Morgan fingerprint density at radius 3 is 2.80 bits per heavy atom. The fraction of sp³-hybridized carbons (Fsp3) is 0.615. The van der Waals surface area contributed by atoms with E-state index in [1.165, 1.54) is 0 Å². The number of rotatable bonds is 1. The number of hydrogen-bond acceptors (Lipinski definition) is 2. The molecule has 0 spiro atoms. The van der Waals surface area contributed by atoms with Crippen molar-refractivity contribution in [3.63, 3.8) is 0 Å². The van der Waals surface area contributed by atoms with Gasteiger partial charge in [0.15, 0.2) is 6.29 Å². The van der Waals surface area contributed by atoms with Crippen LogP contribution in [0.3, 0.4) is 0 Å². The van der Waals surface area contributed by atoms with Crippen LogP contribution < -0.4 is 0 Å². The second kappa shape index (κ2) is 3.31. The molecule has 1 aliphatic heterocycles. The van der Waals surface area contributed by atoms with E-state index in [0.717, 1.165) is 32.0 Å². The largest absolute Gasteiger partial charge is 0.363 e. The molecule has 0 bridgehead atoms. The Labute approximate surface area is 90.0 Å². The number of hydrogen-bond donors (Lipinski definition) is 0. The van der Waals surface area contributed by atoms with Gasteiger partial charge in [-0.05, 0) is 25.2 Å². The minimum Gasteiger partial charge on any atom is -0.363 e. The topological polar surface area (TPSA) is 26.3 Å². The number of ether oxygens (including phenoxy) is 1. The van der Waals surface area contributed by atoms with Gasteiger partial charge in [0.25, 0.3) is 0 Å². The van der Waals surface area contributed by atoms with Crippen molar-refractivity contribution >= 4 is 6.29 Å². The van der Waals surface area contributed by atoms with Crippen molar-refractivity contribution in [2.75, 3.05) is 0 Å². The molecule has 0 N–H and O–H groups in total. The minimum absolute atomic E-state index is 0.282. The summed E-state index contributed by atoms with van der Waals surface area (Å²) in [4.78, 5) is 11.3. The Balaban J connectivity index is 1.95. The van der Waals surface area contributed by atoms with Gasteiger partial charge in [0.1, 0.15) is 5.60 Å². The van der Waals surface area contributed by atoms with Crippen LogP contribution in [0.4, 0.5) is 0 Å². The van der Waals surface area contributed by atoms with Gasteiger partial charge >= 0.3 is 0 Å². The molecule has 15 heavy (non-hydrogen) atoms. The van der Waals surface area contributed by atoms with Gasteiger partial charge in [-0.3, -0.25) is 0 Å². The first-order chi connectivity index (χ1) is 7.36.